The van der Waals surface area contributed by atoms with Gasteiger partial charge in [-0.25, -0.2) is 4.39 Å². The zero-order chi connectivity index (χ0) is 15.0. The Morgan fingerprint density at radius 1 is 1.24 bits per heavy atom. The molecule has 1 aromatic heterocycles. The van der Waals surface area contributed by atoms with Gasteiger partial charge >= 0.3 is 0 Å². The molecule has 0 fully saturated rings. The summed E-state index contributed by atoms with van der Waals surface area (Å²) in [6.07, 6.45) is -0.0621. The number of carbonyl (C=O) groups is 1. The predicted octanol–water partition coefficient (Wildman–Crippen LogP) is 3.79. The standard InChI is InChI=1S/C16H12ClFN2O/c1-20-13-8-3-2-6-11(13)16(19-20)14(21)9-10-5-4-7-12(17)15(10)18/h2-8H,9H2,1H3. The second kappa shape index (κ2) is 5.30. The lowest BCUT2D eigenvalue weighted by molar-refractivity contribution is 0.0988. The lowest BCUT2D eigenvalue weighted by atomic mass is 10.0. The van der Waals surface area contributed by atoms with Crippen molar-refractivity contribution in [2.24, 2.45) is 7.05 Å². The van der Waals surface area contributed by atoms with Crippen LogP contribution in [0.1, 0.15) is 16.1 Å². The van der Waals surface area contributed by atoms with Gasteiger partial charge in [-0.1, -0.05) is 41.9 Å². The molecule has 0 aliphatic heterocycles. The highest BCUT2D eigenvalue weighted by Gasteiger charge is 2.18. The first kappa shape index (κ1) is 13.8. The van der Waals surface area contributed by atoms with E-state index in [2.05, 4.69) is 5.10 Å². The van der Waals surface area contributed by atoms with Gasteiger partial charge in [0.05, 0.1) is 10.5 Å². The van der Waals surface area contributed by atoms with Crippen LogP contribution in [0.2, 0.25) is 5.02 Å². The normalized spacial score (nSPS) is 11.0. The maximum atomic E-state index is 13.9. The van der Waals surface area contributed by atoms with Gasteiger partial charge in [0, 0.05) is 18.9 Å². The van der Waals surface area contributed by atoms with Crippen molar-refractivity contribution in [2.45, 2.75) is 6.42 Å². The lowest BCUT2D eigenvalue weighted by Gasteiger charge is -2.03. The van der Waals surface area contributed by atoms with Crippen molar-refractivity contribution in [1.82, 2.24) is 9.78 Å². The molecule has 0 radical (unpaired) electrons. The Hall–Kier alpha value is -2.20. The molecule has 106 valence electrons. The van der Waals surface area contributed by atoms with Gasteiger partial charge in [0.25, 0.3) is 0 Å². The first-order chi connectivity index (χ1) is 10.1. The van der Waals surface area contributed by atoms with Crippen molar-refractivity contribution in [1.29, 1.82) is 0 Å². The molecule has 1 heterocycles. The van der Waals surface area contributed by atoms with Crippen molar-refractivity contribution >= 4 is 28.3 Å². The monoisotopic (exact) mass is 302 g/mol. The average molecular weight is 303 g/mol. The summed E-state index contributed by atoms with van der Waals surface area (Å²) in [5.41, 5.74) is 1.50. The number of aromatic nitrogens is 2. The number of benzene rings is 2. The summed E-state index contributed by atoms with van der Waals surface area (Å²) in [5, 5.41) is 5.04. The Balaban J connectivity index is 2.00. The van der Waals surface area contributed by atoms with Crippen LogP contribution >= 0.6 is 11.6 Å². The number of fused-ring (bicyclic) bond motifs is 1. The summed E-state index contributed by atoms with van der Waals surface area (Å²) in [7, 11) is 1.78. The zero-order valence-electron chi connectivity index (χ0n) is 11.3. The Morgan fingerprint density at radius 3 is 2.81 bits per heavy atom. The molecule has 0 spiro atoms. The van der Waals surface area contributed by atoms with Crippen LogP contribution < -0.4 is 0 Å². The SMILES string of the molecule is Cn1nc(C(=O)Cc2cccc(Cl)c2F)c2ccccc21. The van der Waals surface area contributed by atoms with Crippen LogP contribution in [0.5, 0.6) is 0 Å². The van der Waals surface area contributed by atoms with Crippen LogP contribution in [-0.4, -0.2) is 15.6 Å². The van der Waals surface area contributed by atoms with E-state index in [9.17, 15) is 9.18 Å². The molecule has 0 N–H and O–H groups in total. The van der Waals surface area contributed by atoms with E-state index in [1.165, 1.54) is 6.07 Å². The van der Waals surface area contributed by atoms with Gasteiger partial charge in [-0.2, -0.15) is 5.10 Å². The van der Waals surface area contributed by atoms with Gasteiger partial charge in [-0.3, -0.25) is 9.48 Å². The number of hydrogen-bond donors (Lipinski definition) is 0. The van der Waals surface area contributed by atoms with Crippen molar-refractivity contribution < 1.29 is 9.18 Å². The molecular weight excluding hydrogens is 291 g/mol. The fourth-order valence-corrected chi connectivity index (χ4v) is 2.56. The second-order valence-corrected chi connectivity index (χ2v) is 5.21. The van der Waals surface area contributed by atoms with E-state index in [1.807, 2.05) is 24.3 Å². The first-order valence-electron chi connectivity index (χ1n) is 6.45. The summed E-state index contributed by atoms with van der Waals surface area (Å²) >= 11 is 5.74. The van der Waals surface area contributed by atoms with Gasteiger partial charge in [-0.15, -0.1) is 0 Å². The quantitative estimate of drug-likeness (QED) is 0.690. The number of para-hydroxylation sites is 1. The van der Waals surface area contributed by atoms with Crippen molar-refractivity contribution in [3.63, 3.8) is 0 Å². The number of rotatable bonds is 3. The van der Waals surface area contributed by atoms with E-state index >= 15 is 0 Å². The molecule has 3 aromatic rings. The van der Waals surface area contributed by atoms with E-state index in [0.717, 1.165) is 10.9 Å². The smallest absolute Gasteiger partial charge is 0.188 e. The Morgan fingerprint density at radius 2 is 2.00 bits per heavy atom. The topological polar surface area (TPSA) is 34.9 Å². The minimum Gasteiger partial charge on any atom is -0.292 e. The second-order valence-electron chi connectivity index (χ2n) is 4.80. The number of ketones is 1. The van der Waals surface area contributed by atoms with Crippen molar-refractivity contribution in [2.75, 3.05) is 0 Å². The Kier molecular flexibility index (Phi) is 3.47. The van der Waals surface area contributed by atoms with E-state index in [1.54, 1.807) is 23.9 Å². The molecule has 3 nitrogen and oxygen atoms in total. The minimum absolute atomic E-state index is 0.0196. The molecule has 0 aliphatic rings. The highest BCUT2D eigenvalue weighted by atomic mass is 35.5. The number of nitrogens with zero attached hydrogens (tertiary/aromatic N) is 2. The van der Waals surface area contributed by atoms with Gasteiger partial charge in [-0.05, 0) is 17.7 Å². The molecule has 0 atom stereocenters. The van der Waals surface area contributed by atoms with E-state index in [0.29, 0.717) is 5.69 Å². The van der Waals surface area contributed by atoms with Crippen molar-refractivity contribution in [3.8, 4) is 0 Å². The van der Waals surface area contributed by atoms with Crippen LogP contribution in [0.15, 0.2) is 42.5 Å². The highest BCUT2D eigenvalue weighted by Crippen LogP contribution is 2.22. The number of hydrogen-bond acceptors (Lipinski definition) is 2. The van der Waals surface area contributed by atoms with Crippen LogP contribution in [0.25, 0.3) is 10.9 Å². The van der Waals surface area contributed by atoms with Gasteiger partial charge < -0.3 is 0 Å². The summed E-state index contributed by atoms with van der Waals surface area (Å²) in [5.74, 6) is -0.777. The number of carbonyl (C=O) groups excluding carboxylic acids is 1. The molecule has 0 saturated heterocycles. The summed E-state index contributed by atoms with van der Waals surface area (Å²) < 4.78 is 15.5. The molecule has 5 heteroatoms. The number of Topliss-reactive ketones (excluding diaryl/α,β-unsaturated/α-hetero) is 1. The highest BCUT2D eigenvalue weighted by molar-refractivity contribution is 6.30. The van der Waals surface area contributed by atoms with Gasteiger partial charge in [0.2, 0.25) is 0 Å². The Bertz CT molecular complexity index is 841. The maximum absolute atomic E-state index is 13.9. The fourth-order valence-electron chi connectivity index (χ4n) is 2.36. The third-order valence-corrected chi connectivity index (χ3v) is 3.70. The van der Waals surface area contributed by atoms with E-state index in [-0.39, 0.29) is 22.8 Å². The average Bonchev–Trinajstić information content (AvgIpc) is 2.82. The van der Waals surface area contributed by atoms with Gasteiger partial charge in [0.15, 0.2) is 5.78 Å². The molecule has 0 bridgehead atoms. The third-order valence-electron chi connectivity index (χ3n) is 3.40. The van der Waals surface area contributed by atoms with Crippen LogP contribution in [0.3, 0.4) is 0 Å². The van der Waals surface area contributed by atoms with E-state index < -0.39 is 5.82 Å². The van der Waals surface area contributed by atoms with Crippen LogP contribution in [-0.2, 0) is 13.5 Å². The first-order valence-corrected chi connectivity index (χ1v) is 6.83. The number of aryl methyl sites for hydroxylation is 1. The van der Waals surface area contributed by atoms with Crippen LogP contribution in [0, 0.1) is 5.82 Å². The van der Waals surface area contributed by atoms with E-state index in [4.69, 9.17) is 11.6 Å². The number of halogens is 2. The van der Waals surface area contributed by atoms with Gasteiger partial charge in [0.1, 0.15) is 11.5 Å². The molecular formula is C16H12ClFN2O. The summed E-state index contributed by atoms with van der Waals surface area (Å²) in [6.45, 7) is 0. The maximum Gasteiger partial charge on any atom is 0.188 e. The summed E-state index contributed by atoms with van der Waals surface area (Å²) in [6, 6.07) is 12.1. The Labute approximate surface area is 126 Å². The fraction of sp³-hybridized carbons (Fsp3) is 0.125. The molecule has 0 saturated carbocycles. The predicted molar refractivity (Wildman–Crippen MR) is 80.2 cm³/mol. The van der Waals surface area contributed by atoms with Crippen LogP contribution in [0.4, 0.5) is 4.39 Å². The third kappa shape index (κ3) is 2.43. The zero-order valence-corrected chi connectivity index (χ0v) is 12.1. The molecule has 3 rings (SSSR count). The molecule has 0 aliphatic carbocycles. The van der Waals surface area contributed by atoms with Crippen molar-refractivity contribution in [3.05, 3.63) is 64.6 Å². The molecule has 0 amide bonds. The summed E-state index contributed by atoms with van der Waals surface area (Å²) in [4.78, 5) is 12.4. The minimum atomic E-state index is -0.548. The largest absolute Gasteiger partial charge is 0.292 e. The molecule has 21 heavy (non-hydrogen) atoms. The molecule has 2 aromatic carbocycles. The molecule has 0 unspecified atom stereocenters. The lowest BCUT2D eigenvalue weighted by Crippen LogP contribution is -2.07.